The molecule has 1 saturated heterocycles. The number of nitrogens with zero attached hydrogens (tertiary/aromatic N) is 3. The summed E-state index contributed by atoms with van der Waals surface area (Å²) in [6.45, 7) is 0. The van der Waals surface area contributed by atoms with Crippen LogP contribution in [0.15, 0.2) is 56.4 Å². The largest absolute Gasteiger partial charge is 0.465 e. The maximum Gasteiger partial charge on any atom is 0.266 e. The lowest BCUT2D eigenvalue weighted by atomic mass is 9.94. The van der Waals surface area contributed by atoms with Gasteiger partial charge in [-0.3, -0.25) is 9.69 Å². The minimum Gasteiger partial charge on any atom is -0.465 e. The number of thiazole rings is 1. The molecule has 1 saturated carbocycles. The second-order valence-corrected chi connectivity index (χ2v) is 8.07. The van der Waals surface area contributed by atoms with E-state index in [1.807, 2.05) is 40.6 Å². The van der Waals surface area contributed by atoms with Crippen LogP contribution in [0.1, 0.15) is 37.9 Å². The number of rotatable bonds is 4. The van der Waals surface area contributed by atoms with Gasteiger partial charge >= 0.3 is 0 Å². The van der Waals surface area contributed by atoms with E-state index in [2.05, 4.69) is 9.98 Å². The van der Waals surface area contributed by atoms with E-state index in [0.717, 1.165) is 23.8 Å². The van der Waals surface area contributed by atoms with Crippen LogP contribution < -0.4 is 0 Å². The van der Waals surface area contributed by atoms with Crippen LogP contribution >= 0.6 is 23.1 Å². The minimum atomic E-state index is 0.0429. The van der Waals surface area contributed by atoms with Gasteiger partial charge in [-0.15, -0.1) is 11.3 Å². The second kappa shape index (κ2) is 8.05. The lowest BCUT2D eigenvalue weighted by Gasteiger charge is -2.30. The SMILES string of the molecule is O=C1/C(=C\C=C\c2ccco2)S/C(=N/c2nccs2)N1C1CCCCC1. The molecular formula is C19H19N3O2S2. The number of amidine groups is 1. The van der Waals surface area contributed by atoms with Crippen LogP contribution in [0.4, 0.5) is 5.13 Å². The Morgan fingerprint density at radius 3 is 2.92 bits per heavy atom. The smallest absolute Gasteiger partial charge is 0.266 e. The summed E-state index contributed by atoms with van der Waals surface area (Å²) in [5, 5.41) is 3.33. The topological polar surface area (TPSA) is 58.7 Å². The molecule has 0 unspecified atom stereocenters. The summed E-state index contributed by atoms with van der Waals surface area (Å²) in [5.41, 5.74) is 0. The van der Waals surface area contributed by atoms with Gasteiger partial charge < -0.3 is 4.42 Å². The number of hydrogen-bond donors (Lipinski definition) is 0. The molecule has 2 aliphatic rings. The van der Waals surface area contributed by atoms with E-state index >= 15 is 0 Å². The van der Waals surface area contributed by atoms with E-state index in [4.69, 9.17) is 4.42 Å². The van der Waals surface area contributed by atoms with E-state index in [-0.39, 0.29) is 11.9 Å². The number of allylic oxidation sites excluding steroid dienone is 2. The molecule has 26 heavy (non-hydrogen) atoms. The number of furan rings is 1. The summed E-state index contributed by atoms with van der Waals surface area (Å²) in [6.07, 6.45) is 14.6. The van der Waals surface area contributed by atoms with Gasteiger partial charge in [-0.25, -0.2) is 4.98 Å². The Bertz CT molecular complexity index is 832. The predicted molar refractivity (Wildman–Crippen MR) is 106 cm³/mol. The summed E-state index contributed by atoms with van der Waals surface area (Å²) in [7, 11) is 0. The van der Waals surface area contributed by atoms with Gasteiger partial charge in [0.05, 0.1) is 11.2 Å². The van der Waals surface area contributed by atoms with Crippen LogP contribution in [0.25, 0.3) is 6.08 Å². The van der Waals surface area contributed by atoms with E-state index < -0.39 is 0 Å². The van der Waals surface area contributed by atoms with E-state index in [0.29, 0.717) is 10.0 Å². The molecule has 0 bridgehead atoms. The van der Waals surface area contributed by atoms with Crippen molar-refractivity contribution in [3.05, 3.63) is 52.8 Å². The Hall–Kier alpha value is -2.12. The molecule has 2 fully saturated rings. The Balaban J connectivity index is 1.60. The molecule has 4 rings (SSSR count). The molecule has 0 spiro atoms. The molecule has 0 atom stereocenters. The highest BCUT2D eigenvalue weighted by Crippen LogP contribution is 2.37. The van der Waals surface area contributed by atoms with Crippen molar-refractivity contribution in [3.8, 4) is 0 Å². The van der Waals surface area contributed by atoms with Crippen molar-refractivity contribution in [3.63, 3.8) is 0 Å². The van der Waals surface area contributed by atoms with Gasteiger partial charge in [0.25, 0.3) is 5.91 Å². The fraction of sp³-hybridized carbons (Fsp3) is 0.316. The maximum absolute atomic E-state index is 13.0. The Morgan fingerprint density at radius 2 is 2.19 bits per heavy atom. The molecule has 1 aliphatic heterocycles. The summed E-state index contributed by atoms with van der Waals surface area (Å²) in [6, 6.07) is 3.95. The summed E-state index contributed by atoms with van der Waals surface area (Å²) < 4.78 is 5.28. The van der Waals surface area contributed by atoms with Crippen LogP contribution in [-0.4, -0.2) is 27.0 Å². The molecule has 2 aromatic heterocycles. The van der Waals surface area contributed by atoms with Crippen molar-refractivity contribution in [2.45, 2.75) is 38.1 Å². The molecule has 0 aromatic carbocycles. The number of aliphatic imine (C=N–C) groups is 1. The van der Waals surface area contributed by atoms with E-state index in [1.54, 1.807) is 12.5 Å². The summed E-state index contributed by atoms with van der Waals surface area (Å²) >= 11 is 2.91. The normalized spacial score (nSPS) is 22.3. The van der Waals surface area contributed by atoms with Crippen LogP contribution in [0, 0.1) is 0 Å². The van der Waals surface area contributed by atoms with Crippen molar-refractivity contribution < 1.29 is 9.21 Å². The molecule has 3 heterocycles. The molecule has 134 valence electrons. The molecule has 7 heteroatoms. The quantitative estimate of drug-likeness (QED) is 0.676. The highest BCUT2D eigenvalue weighted by atomic mass is 32.2. The third kappa shape index (κ3) is 3.83. The first-order valence-electron chi connectivity index (χ1n) is 8.73. The van der Waals surface area contributed by atoms with Crippen LogP contribution in [0.3, 0.4) is 0 Å². The van der Waals surface area contributed by atoms with Crippen LogP contribution in [0.5, 0.6) is 0 Å². The second-order valence-electron chi connectivity index (χ2n) is 6.18. The van der Waals surface area contributed by atoms with Crippen molar-refractivity contribution in [1.29, 1.82) is 0 Å². The summed E-state index contributed by atoms with van der Waals surface area (Å²) in [5.74, 6) is 0.805. The van der Waals surface area contributed by atoms with Crippen molar-refractivity contribution in [2.24, 2.45) is 4.99 Å². The average Bonchev–Trinajstić information content (AvgIpc) is 3.40. The predicted octanol–water partition coefficient (Wildman–Crippen LogP) is 5.23. The number of carbonyl (C=O) groups is 1. The van der Waals surface area contributed by atoms with E-state index in [1.165, 1.54) is 42.4 Å². The first kappa shape index (κ1) is 17.3. The molecule has 0 N–H and O–H groups in total. The fourth-order valence-electron chi connectivity index (χ4n) is 3.21. The van der Waals surface area contributed by atoms with Gasteiger partial charge in [0.1, 0.15) is 5.76 Å². The average molecular weight is 386 g/mol. The third-order valence-electron chi connectivity index (χ3n) is 4.44. The third-order valence-corrected chi connectivity index (χ3v) is 6.11. The van der Waals surface area contributed by atoms with Gasteiger partial charge in [0.2, 0.25) is 5.13 Å². The van der Waals surface area contributed by atoms with E-state index in [9.17, 15) is 4.79 Å². The molecule has 0 radical (unpaired) electrons. The number of hydrogen-bond acceptors (Lipinski definition) is 6. The monoisotopic (exact) mass is 385 g/mol. The molecular weight excluding hydrogens is 366 g/mol. The Kier molecular flexibility index (Phi) is 5.36. The highest BCUT2D eigenvalue weighted by molar-refractivity contribution is 8.18. The van der Waals surface area contributed by atoms with Gasteiger partial charge in [-0.1, -0.05) is 25.3 Å². The zero-order valence-corrected chi connectivity index (χ0v) is 15.8. The highest BCUT2D eigenvalue weighted by Gasteiger charge is 2.38. The molecule has 2 aromatic rings. The van der Waals surface area contributed by atoms with Crippen molar-refractivity contribution >= 4 is 45.4 Å². The van der Waals surface area contributed by atoms with Crippen LogP contribution in [0.2, 0.25) is 0 Å². The number of thioether (sulfide) groups is 1. The standard InChI is InChI=1S/C19H19N3O2S2/c23-17-16(10-4-8-15-9-5-12-24-15)26-19(21-18-20-11-13-25-18)22(17)14-6-2-1-3-7-14/h4-5,8-14H,1-3,6-7H2/b8-4+,16-10+,21-19+. The fourth-order valence-corrected chi connectivity index (χ4v) is 4.76. The summed E-state index contributed by atoms with van der Waals surface area (Å²) in [4.78, 5) is 24.5. The molecule has 5 nitrogen and oxygen atoms in total. The lowest BCUT2D eigenvalue weighted by molar-refractivity contribution is -0.124. The zero-order chi connectivity index (χ0) is 17.8. The molecule has 1 aliphatic carbocycles. The zero-order valence-electron chi connectivity index (χ0n) is 14.2. The van der Waals surface area contributed by atoms with Gasteiger partial charge in [-0.2, -0.15) is 4.99 Å². The number of amides is 1. The number of aromatic nitrogens is 1. The van der Waals surface area contributed by atoms with Crippen molar-refractivity contribution in [1.82, 2.24) is 9.88 Å². The first-order valence-corrected chi connectivity index (χ1v) is 10.4. The van der Waals surface area contributed by atoms with Crippen molar-refractivity contribution in [2.75, 3.05) is 0 Å². The number of carbonyl (C=O) groups excluding carboxylic acids is 1. The maximum atomic E-state index is 13.0. The Morgan fingerprint density at radius 1 is 1.31 bits per heavy atom. The minimum absolute atomic E-state index is 0.0429. The first-order chi connectivity index (χ1) is 12.8. The molecule has 1 amide bonds. The van der Waals surface area contributed by atoms with Crippen LogP contribution in [-0.2, 0) is 4.79 Å². The van der Waals surface area contributed by atoms with Gasteiger partial charge in [0, 0.05) is 17.6 Å². The van der Waals surface area contributed by atoms with Gasteiger partial charge in [-0.05, 0) is 48.9 Å². The van der Waals surface area contributed by atoms with Gasteiger partial charge in [0.15, 0.2) is 5.17 Å². The lowest BCUT2D eigenvalue weighted by Crippen LogP contribution is -2.40. The Labute approximate surface area is 160 Å².